The number of nitro groups is 1. The monoisotopic (exact) mass is 373 g/mol. The van der Waals surface area contributed by atoms with Gasteiger partial charge in [0.05, 0.1) is 34.9 Å². The highest BCUT2D eigenvalue weighted by molar-refractivity contribution is 7.22. The van der Waals surface area contributed by atoms with Crippen LogP contribution in [-0.2, 0) is 0 Å². The largest absolute Gasteiger partial charge is 0.504 e. The van der Waals surface area contributed by atoms with Crippen LogP contribution < -0.4 is 9.47 Å². The van der Waals surface area contributed by atoms with Gasteiger partial charge in [-0.2, -0.15) is 0 Å². The highest BCUT2D eigenvalue weighted by Crippen LogP contribution is 2.35. The number of hydrogen-bond donors (Lipinski definition) is 1. The van der Waals surface area contributed by atoms with Crippen LogP contribution in [-0.4, -0.2) is 34.9 Å². The first-order chi connectivity index (χ1) is 12.5. The molecule has 2 aromatic carbocycles. The molecule has 0 saturated carbocycles. The lowest BCUT2D eigenvalue weighted by atomic mass is 10.1. The average molecular weight is 373 g/mol. The first kappa shape index (κ1) is 17.6. The maximum Gasteiger partial charge on any atom is 0.274 e. The molecule has 0 aliphatic heterocycles. The molecule has 0 unspecified atom stereocenters. The van der Waals surface area contributed by atoms with Gasteiger partial charge in [0, 0.05) is 23.9 Å². The van der Waals surface area contributed by atoms with E-state index in [9.17, 15) is 15.2 Å². The third-order valence-electron chi connectivity index (χ3n) is 3.49. The molecule has 9 heteroatoms. The number of non-ortho nitro benzene ring substituents is 1. The Labute approximate surface area is 152 Å². The predicted molar refractivity (Wildman–Crippen MR) is 99.4 cm³/mol. The number of hydrogen-bond acceptors (Lipinski definition) is 8. The number of fused-ring (bicyclic) bond motifs is 1. The van der Waals surface area contributed by atoms with Gasteiger partial charge < -0.3 is 14.6 Å². The third kappa shape index (κ3) is 3.57. The van der Waals surface area contributed by atoms with E-state index in [1.165, 1.54) is 30.7 Å². The van der Waals surface area contributed by atoms with Gasteiger partial charge in [-0.05, 0) is 19.1 Å². The third-order valence-corrected chi connectivity index (χ3v) is 4.44. The van der Waals surface area contributed by atoms with Crippen molar-refractivity contribution < 1.29 is 19.5 Å². The molecule has 0 spiro atoms. The molecule has 0 amide bonds. The Hall–Kier alpha value is -3.20. The number of phenolic OH excluding ortho intramolecular Hbond substituents is 1. The Morgan fingerprint density at radius 3 is 2.88 bits per heavy atom. The number of rotatable bonds is 6. The van der Waals surface area contributed by atoms with Crippen molar-refractivity contribution in [2.75, 3.05) is 13.7 Å². The average Bonchev–Trinajstić information content (AvgIpc) is 3.03. The van der Waals surface area contributed by atoms with Crippen molar-refractivity contribution >= 4 is 38.6 Å². The second-order valence-electron chi connectivity index (χ2n) is 5.16. The van der Waals surface area contributed by atoms with Gasteiger partial charge in [-0.15, -0.1) is 0 Å². The summed E-state index contributed by atoms with van der Waals surface area (Å²) in [5.41, 5.74) is 0.714. The minimum Gasteiger partial charge on any atom is -0.504 e. The first-order valence-electron chi connectivity index (χ1n) is 7.64. The zero-order valence-electron chi connectivity index (χ0n) is 14.0. The summed E-state index contributed by atoms with van der Waals surface area (Å²) in [6.45, 7) is 2.47. The molecular weight excluding hydrogens is 358 g/mol. The molecule has 3 rings (SSSR count). The van der Waals surface area contributed by atoms with Crippen LogP contribution >= 0.6 is 11.3 Å². The summed E-state index contributed by atoms with van der Waals surface area (Å²) in [5, 5.41) is 21.6. The van der Waals surface area contributed by atoms with E-state index in [2.05, 4.69) is 9.98 Å². The van der Waals surface area contributed by atoms with Crippen LogP contribution in [0.2, 0.25) is 0 Å². The second-order valence-corrected chi connectivity index (χ2v) is 6.17. The highest BCUT2D eigenvalue weighted by atomic mass is 32.1. The zero-order valence-corrected chi connectivity index (χ0v) is 14.8. The molecule has 1 aromatic heterocycles. The molecule has 0 saturated heterocycles. The Bertz CT molecular complexity index is 999. The van der Waals surface area contributed by atoms with E-state index in [-0.39, 0.29) is 22.7 Å². The molecule has 26 heavy (non-hydrogen) atoms. The van der Waals surface area contributed by atoms with Gasteiger partial charge in [0.25, 0.3) is 5.69 Å². The van der Waals surface area contributed by atoms with Crippen molar-refractivity contribution in [1.82, 2.24) is 4.98 Å². The number of phenols is 1. The van der Waals surface area contributed by atoms with E-state index >= 15 is 0 Å². The van der Waals surface area contributed by atoms with E-state index < -0.39 is 4.92 Å². The number of methoxy groups -OCH3 is 1. The van der Waals surface area contributed by atoms with E-state index in [0.29, 0.717) is 11.7 Å². The van der Waals surface area contributed by atoms with Gasteiger partial charge in [-0.1, -0.05) is 11.3 Å². The van der Waals surface area contributed by atoms with Crippen LogP contribution in [0.15, 0.2) is 35.3 Å². The normalized spacial score (nSPS) is 11.2. The number of thiazole rings is 1. The van der Waals surface area contributed by atoms with Crippen molar-refractivity contribution in [1.29, 1.82) is 0 Å². The van der Waals surface area contributed by atoms with Crippen molar-refractivity contribution in [3.63, 3.8) is 0 Å². The maximum atomic E-state index is 11.0. The van der Waals surface area contributed by atoms with Crippen molar-refractivity contribution in [3.8, 4) is 17.2 Å². The lowest BCUT2D eigenvalue weighted by molar-refractivity contribution is -0.385. The molecule has 0 bridgehead atoms. The summed E-state index contributed by atoms with van der Waals surface area (Å²) in [4.78, 5) is 19.1. The Morgan fingerprint density at radius 1 is 1.38 bits per heavy atom. The fourth-order valence-electron chi connectivity index (χ4n) is 2.31. The number of aliphatic imine (C=N–C) groups is 1. The number of nitro benzene ring substituents is 1. The molecule has 0 radical (unpaired) electrons. The minimum atomic E-state index is -0.563. The fourth-order valence-corrected chi connectivity index (χ4v) is 3.10. The standard InChI is InChI=1S/C17H15N3O5S/c1-3-25-12-4-5-15-13(8-12)19-17(26-15)18-9-10-6-11(20(22)23)7-14(24-2)16(10)21/h4-9,21H,3H2,1-2H3/b18-9+. The highest BCUT2D eigenvalue weighted by Gasteiger charge is 2.16. The van der Waals surface area contributed by atoms with Gasteiger partial charge in [0.2, 0.25) is 5.13 Å². The van der Waals surface area contributed by atoms with Gasteiger partial charge in [0.1, 0.15) is 5.75 Å². The molecule has 0 atom stereocenters. The van der Waals surface area contributed by atoms with Crippen molar-refractivity contribution in [2.45, 2.75) is 6.92 Å². The smallest absolute Gasteiger partial charge is 0.274 e. The number of aromatic nitrogens is 1. The summed E-state index contributed by atoms with van der Waals surface area (Å²) < 4.78 is 11.3. The van der Waals surface area contributed by atoms with Crippen LogP contribution in [0, 0.1) is 10.1 Å². The van der Waals surface area contributed by atoms with Gasteiger partial charge in [-0.25, -0.2) is 9.98 Å². The maximum absolute atomic E-state index is 11.0. The van der Waals surface area contributed by atoms with Crippen molar-refractivity contribution in [2.24, 2.45) is 4.99 Å². The topological polar surface area (TPSA) is 107 Å². The first-order valence-corrected chi connectivity index (χ1v) is 8.46. The van der Waals surface area contributed by atoms with E-state index in [0.717, 1.165) is 22.0 Å². The predicted octanol–water partition coefficient (Wildman–Crippen LogP) is 4.07. The second kappa shape index (κ2) is 7.36. The fraction of sp³-hybridized carbons (Fsp3) is 0.176. The van der Waals surface area contributed by atoms with Gasteiger partial charge >= 0.3 is 0 Å². The van der Waals surface area contributed by atoms with E-state index in [1.807, 2.05) is 25.1 Å². The van der Waals surface area contributed by atoms with Crippen LogP contribution in [0.1, 0.15) is 12.5 Å². The number of ether oxygens (including phenoxy) is 2. The molecule has 1 heterocycles. The summed E-state index contributed by atoms with van der Waals surface area (Å²) >= 11 is 1.36. The molecule has 134 valence electrons. The van der Waals surface area contributed by atoms with Crippen LogP contribution in [0.25, 0.3) is 10.2 Å². The Balaban J connectivity index is 1.95. The van der Waals surface area contributed by atoms with E-state index in [4.69, 9.17) is 9.47 Å². The quantitative estimate of drug-likeness (QED) is 0.396. The summed E-state index contributed by atoms with van der Waals surface area (Å²) in [6.07, 6.45) is 1.33. The van der Waals surface area contributed by atoms with Crippen LogP contribution in [0.5, 0.6) is 17.2 Å². The Morgan fingerprint density at radius 2 is 2.19 bits per heavy atom. The lowest BCUT2D eigenvalue weighted by Gasteiger charge is -2.05. The Kier molecular flexibility index (Phi) is 4.99. The van der Waals surface area contributed by atoms with Crippen LogP contribution in [0.4, 0.5) is 10.8 Å². The molecule has 0 fully saturated rings. The number of benzene rings is 2. The molecule has 8 nitrogen and oxygen atoms in total. The number of nitrogens with zero attached hydrogens (tertiary/aromatic N) is 3. The number of aromatic hydroxyl groups is 1. The summed E-state index contributed by atoms with van der Waals surface area (Å²) in [5.74, 6) is 0.509. The van der Waals surface area contributed by atoms with Crippen LogP contribution in [0.3, 0.4) is 0 Å². The van der Waals surface area contributed by atoms with Crippen molar-refractivity contribution in [3.05, 3.63) is 46.0 Å². The van der Waals surface area contributed by atoms with E-state index in [1.54, 1.807) is 0 Å². The summed E-state index contributed by atoms with van der Waals surface area (Å²) in [7, 11) is 1.32. The lowest BCUT2D eigenvalue weighted by Crippen LogP contribution is -1.94. The molecule has 1 N–H and O–H groups in total. The molecule has 0 aliphatic carbocycles. The SMILES string of the molecule is CCOc1ccc2sc(/N=C/c3cc([N+](=O)[O-])cc(OC)c3O)nc2c1. The molecule has 0 aliphatic rings. The minimum absolute atomic E-state index is 0.00584. The zero-order chi connectivity index (χ0) is 18.7. The summed E-state index contributed by atoms with van der Waals surface area (Å²) in [6, 6.07) is 7.95. The molecule has 3 aromatic rings. The van der Waals surface area contributed by atoms with Gasteiger partial charge in [0.15, 0.2) is 11.5 Å². The van der Waals surface area contributed by atoms with Gasteiger partial charge in [-0.3, -0.25) is 10.1 Å². The molecular formula is C17H15N3O5S.